The lowest BCUT2D eigenvalue weighted by Gasteiger charge is -2.15. The first-order valence-electron chi connectivity index (χ1n) is 10.9. The van der Waals surface area contributed by atoms with Crippen LogP contribution in [0.1, 0.15) is 48.5 Å². The fourth-order valence-electron chi connectivity index (χ4n) is 3.57. The van der Waals surface area contributed by atoms with E-state index in [1.807, 2.05) is 24.3 Å². The van der Waals surface area contributed by atoms with Gasteiger partial charge >= 0.3 is 5.97 Å². The van der Waals surface area contributed by atoms with Gasteiger partial charge in [0.15, 0.2) is 0 Å². The van der Waals surface area contributed by atoms with Crippen LogP contribution in [0.3, 0.4) is 0 Å². The van der Waals surface area contributed by atoms with Crippen LogP contribution in [-0.4, -0.2) is 37.0 Å². The van der Waals surface area contributed by atoms with E-state index in [0.29, 0.717) is 17.9 Å². The molecule has 1 aliphatic carbocycles. The van der Waals surface area contributed by atoms with Crippen LogP contribution in [0.15, 0.2) is 54.6 Å². The zero-order chi connectivity index (χ0) is 22.8. The first-order valence-corrected chi connectivity index (χ1v) is 10.9. The third-order valence-electron chi connectivity index (χ3n) is 5.20. The Kier molecular flexibility index (Phi) is 8.43. The second-order valence-corrected chi connectivity index (χ2v) is 7.61. The normalized spacial score (nSPS) is 13.7. The van der Waals surface area contributed by atoms with Gasteiger partial charge in [-0.3, -0.25) is 9.59 Å². The Labute approximate surface area is 188 Å². The predicted octanol–water partition coefficient (Wildman–Crippen LogP) is 3.99. The van der Waals surface area contributed by atoms with Gasteiger partial charge in [-0.05, 0) is 55.7 Å². The molecule has 0 heterocycles. The van der Waals surface area contributed by atoms with E-state index >= 15 is 0 Å². The van der Waals surface area contributed by atoms with E-state index in [1.165, 1.54) is 6.08 Å². The van der Waals surface area contributed by atoms with E-state index in [-0.39, 0.29) is 30.4 Å². The van der Waals surface area contributed by atoms with Crippen molar-refractivity contribution in [3.05, 3.63) is 65.7 Å². The molecule has 32 heavy (non-hydrogen) atoms. The summed E-state index contributed by atoms with van der Waals surface area (Å²) >= 11 is 0. The van der Waals surface area contributed by atoms with Crippen LogP contribution in [0.25, 0.3) is 6.08 Å². The minimum absolute atomic E-state index is 0.0522. The lowest BCUT2D eigenvalue weighted by atomic mass is 10.1. The van der Waals surface area contributed by atoms with Crippen molar-refractivity contribution in [1.82, 2.24) is 5.32 Å². The van der Waals surface area contributed by atoms with Crippen LogP contribution >= 0.6 is 0 Å². The minimum atomic E-state index is -0.386. The molecule has 0 aromatic heterocycles. The molecule has 2 aromatic carbocycles. The molecule has 1 saturated carbocycles. The molecular formula is C25H29N3O4. The molecule has 0 unspecified atom stereocenters. The first-order chi connectivity index (χ1) is 15.5. The van der Waals surface area contributed by atoms with Crippen molar-refractivity contribution >= 4 is 35.2 Å². The molecule has 2 amide bonds. The highest BCUT2D eigenvalue weighted by Gasteiger charge is 2.20. The second kappa shape index (κ2) is 11.7. The number of anilines is 2. The van der Waals surface area contributed by atoms with E-state index in [0.717, 1.165) is 36.9 Å². The highest BCUT2D eigenvalue weighted by molar-refractivity contribution is 6.04. The van der Waals surface area contributed by atoms with Crippen LogP contribution in [0.2, 0.25) is 0 Å². The van der Waals surface area contributed by atoms with Gasteiger partial charge in [-0.15, -0.1) is 0 Å². The van der Waals surface area contributed by atoms with E-state index in [9.17, 15) is 14.4 Å². The number of hydrogen-bond acceptors (Lipinski definition) is 5. The fourth-order valence-corrected chi connectivity index (χ4v) is 3.57. The first kappa shape index (κ1) is 23.1. The number of esters is 1. The number of amides is 2. The molecule has 7 nitrogen and oxygen atoms in total. The summed E-state index contributed by atoms with van der Waals surface area (Å²) in [5, 5.41) is 8.93. The average molecular weight is 436 g/mol. The number of carbonyl (C=O) groups excluding carboxylic acids is 3. The maximum absolute atomic E-state index is 12.6. The van der Waals surface area contributed by atoms with Gasteiger partial charge in [0.05, 0.1) is 24.4 Å². The van der Waals surface area contributed by atoms with Crippen molar-refractivity contribution in [1.29, 1.82) is 0 Å². The maximum Gasteiger partial charge on any atom is 0.330 e. The van der Waals surface area contributed by atoms with Gasteiger partial charge in [-0.2, -0.15) is 0 Å². The molecule has 0 aliphatic heterocycles. The molecule has 0 radical (unpaired) electrons. The van der Waals surface area contributed by atoms with Gasteiger partial charge < -0.3 is 20.7 Å². The summed E-state index contributed by atoms with van der Waals surface area (Å²) in [7, 11) is 0. The zero-order valence-electron chi connectivity index (χ0n) is 18.2. The van der Waals surface area contributed by atoms with Crippen molar-refractivity contribution in [3.8, 4) is 0 Å². The van der Waals surface area contributed by atoms with Gasteiger partial charge in [-0.25, -0.2) is 4.79 Å². The molecule has 1 fully saturated rings. The lowest BCUT2D eigenvalue weighted by Crippen LogP contribution is -2.33. The standard InChI is InChI=1S/C25H29N3O4/c1-2-32-24(30)16-13-18-11-14-19(15-12-18)26-17-23(29)28-22-10-6-5-9-21(22)25(31)27-20-7-3-4-8-20/h5-6,9-16,20,26H,2-4,7-8,17H2,1H3,(H,27,31)(H,28,29)/b16-13+. The summed E-state index contributed by atoms with van der Waals surface area (Å²) in [5.74, 6) is -0.798. The number of ether oxygens (including phenoxy) is 1. The molecule has 7 heteroatoms. The van der Waals surface area contributed by atoms with Crippen molar-refractivity contribution < 1.29 is 19.1 Å². The monoisotopic (exact) mass is 435 g/mol. The van der Waals surface area contributed by atoms with Crippen LogP contribution < -0.4 is 16.0 Å². The van der Waals surface area contributed by atoms with Crippen LogP contribution in [-0.2, 0) is 14.3 Å². The Morgan fingerprint density at radius 1 is 1.03 bits per heavy atom. The molecule has 0 saturated heterocycles. The Morgan fingerprint density at radius 3 is 2.47 bits per heavy atom. The smallest absolute Gasteiger partial charge is 0.330 e. The molecule has 3 rings (SSSR count). The Bertz CT molecular complexity index is 963. The fraction of sp³-hybridized carbons (Fsp3) is 0.320. The predicted molar refractivity (Wildman–Crippen MR) is 125 cm³/mol. The van der Waals surface area contributed by atoms with Crippen molar-refractivity contribution in [2.75, 3.05) is 23.8 Å². The summed E-state index contributed by atoms with van der Waals surface area (Å²) in [5.41, 5.74) is 2.57. The van der Waals surface area contributed by atoms with Gasteiger partial charge in [0.2, 0.25) is 5.91 Å². The number of hydrogen-bond donors (Lipinski definition) is 3. The third-order valence-corrected chi connectivity index (χ3v) is 5.20. The number of nitrogens with one attached hydrogen (secondary N) is 3. The number of carbonyl (C=O) groups is 3. The summed E-state index contributed by atoms with van der Waals surface area (Å²) < 4.78 is 4.85. The summed E-state index contributed by atoms with van der Waals surface area (Å²) in [6.45, 7) is 2.15. The average Bonchev–Trinajstić information content (AvgIpc) is 3.30. The highest BCUT2D eigenvalue weighted by atomic mass is 16.5. The zero-order valence-corrected chi connectivity index (χ0v) is 18.2. The topological polar surface area (TPSA) is 96.5 Å². The molecule has 3 N–H and O–H groups in total. The molecular weight excluding hydrogens is 406 g/mol. The number of para-hydroxylation sites is 1. The van der Waals surface area contributed by atoms with Gasteiger partial charge in [0.1, 0.15) is 0 Å². The highest BCUT2D eigenvalue weighted by Crippen LogP contribution is 2.20. The number of rotatable bonds is 9. The molecule has 1 aliphatic rings. The Morgan fingerprint density at radius 2 is 1.75 bits per heavy atom. The van der Waals surface area contributed by atoms with Crippen molar-refractivity contribution in [2.45, 2.75) is 38.6 Å². The van der Waals surface area contributed by atoms with Crippen LogP contribution in [0.5, 0.6) is 0 Å². The van der Waals surface area contributed by atoms with E-state index in [4.69, 9.17) is 4.74 Å². The SMILES string of the molecule is CCOC(=O)/C=C/c1ccc(NCC(=O)Nc2ccccc2C(=O)NC2CCCC2)cc1. The summed E-state index contributed by atoms with van der Waals surface area (Å²) in [6.07, 6.45) is 7.32. The quantitative estimate of drug-likeness (QED) is 0.409. The minimum Gasteiger partial charge on any atom is -0.463 e. The molecule has 0 atom stereocenters. The van der Waals surface area contributed by atoms with E-state index in [2.05, 4.69) is 16.0 Å². The van der Waals surface area contributed by atoms with Gasteiger partial charge in [-0.1, -0.05) is 37.1 Å². The van der Waals surface area contributed by atoms with Crippen LogP contribution in [0, 0.1) is 0 Å². The second-order valence-electron chi connectivity index (χ2n) is 7.61. The largest absolute Gasteiger partial charge is 0.463 e. The van der Waals surface area contributed by atoms with Crippen molar-refractivity contribution in [3.63, 3.8) is 0 Å². The molecule has 0 bridgehead atoms. The third kappa shape index (κ3) is 6.97. The summed E-state index contributed by atoms with van der Waals surface area (Å²) in [6, 6.07) is 14.5. The molecule has 0 spiro atoms. The van der Waals surface area contributed by atoms with E-state index < -0.39 is 0 Å². The van der Waals surface area contributed by atoms with Crippen molar-refractivity contribution in [2.24, 2.45) is 0 Å². The van der Waals surface area contributed by atoms with E-state index in [1.54, 1.807) is 37.3 Å². The van der Waals surface area contributed by atoms with Gasteiger partial charge in [0.25, 0.3) is 5.91 Å². The molecule has 168 valence electrons. The van der Waals surface area contributed by atoms with Crippen LogP contribution in [0.4, 0.5) is 11.4 Å². The maximum atomic E-state index is 12.6. The van der Waals surface area contributed by atoms with Gasteiger partial charge in [0, 0.05) is 17.8 Å². The molecule has 2 aromatic rings. The Hall–Kier alpha value is -3.61. The lowest BCUT2D eigenvalue weighted by molar-refractivity contribution is -0.137. The summed E-state index contributed by atoms with van der Waals surface area (Å²) in [4.78, 5) is 36.4. The number of benzene rings is 2. The Balaban J connectivity index is 1.52.